The van der Waals surface area contributed by atoms with Gasteiger partial charge in [0.1, 0.15) is 6.04 Å². The maximum atomic E-state index is 12.8. The number of hydrogen-bond donors (Lipinski definition) is 2. The second kappa shape index (κ2) is 9.51. The molecule has 2 aliphatic rings. The van der Waals surface area contributed by atoms with Gasteiger partial charge in [-0.15, -0.1) is 0 Å². The summed E-state index contributed by atoms with van der Waals surface area (Å²) in [6.45, 7) is 2.59. The van der Waals surface area contributed by atoms with Crippen LogP contribution in [0.1, 0.15) is 71.7 Å². The van der Waals surface area contributed by atoms with Gasteiger partial charge < -0.3 is 10.1 Å². The third-order valence-electron chi connectivity index (χ3n) is 5.17. The van der Waals surface area contributed by atoms with E-state index in [1.165, 1.54) is 12.1 Å². The molecule has 0 radical (unpaired) electrons. The summed E-state index contributed by atoms with van der Waals surface area (Å²) >= 11 is 0. The lowest BCUT2D eigenvalue weighted by Gasteiger charge is -2.27. The number of rotatable bonds is 8. The SMILES string of the molecule is CCCCCCOC(=O)NCc1ccc2c(c1)C(=O)N(C1CCC(=O)NC1=O)C2=O. The van der Waals surface area contributed by atoms with Crippen LogP contribution >= 0.6 is 0 Å². The number of carbonyl (C=O) groups excluding carboxylic acids is 5. The molecule has 1 atom stereocenters. The number of alkyl carbamates (subject to hydrolysis) is 1. The molecular formula is C21H25N3O6. The first-order valence-electron chi connectivity index (χ1n) is 10.2. The first-order chi connectivity index (χ1) is 14.4. The lowest BCUT2D eigenvalue weighted by Crippen LogP contribution is -2.54. The number of hydrogen-bond acceptors (Lipinski definition) is 6. The van der Waals surface area contributed by atoms with E-state index in [4.69, 9.17) is 4.74 Å². The highest BCUT2D eigenvalue weighted by Gasteiger charge is 2.44. The van der Waals surface area contributed by atoms with Crippen molar-refractivity contribution in [1.29, 1.82) is 0 Å². The number of piperidine rings is 1. The van der Waals surface area contributed by atoms with Crippen LogP contribution in [-0.2, 0) is 20.9 Å². The smallest absolute Gasteiger partial charge is 0.407 e. The molecule has 1 aromatic carbocycles. The number of carbonyl (C=O) groups is 5. The molecule has 5 amide bonds. The monoisotopic (exact) mass is 415 g/mol. The van der Waals surface area contributed by atoms with Crippen LogP contribution in [0.15, 0.2) is 18.2 Å². The van der Waals surface area contributed by atoms with Crippen LogP contribution in [-0.4, -0.2) is 47.3 Å². The van der Waals surface area contributed by atoms with Crippen molar-refractivity contribution in [1.82, 2.24) is 15.5 Å². The maximum Gasteiger partial charge on any atom is 0.407 e. The number of amides is 5. The largest absolute Gasteiger partial charge is 0.450 e. The number of fused-ring (bicyclic) bond motifs is 1. The summed E-state index contributed by atoms with van der Waals surface area (Å²) in [6, 6.07) is 3.68. The Labute approximate surface area is 174 Å². The normalized spacial score (nSPS) is 18.3. The average molecular weight is 415 g/mol. The van der Waals surface area contributed by atoms with Gasteiger partial charge in [0.25, 0.3) is 11.8 Å². The summed E-state index contributed by atoms with van der Waals surface area (Å²) < 4.78 is 5.11. The van der Waals surface area contributed by atoms with E-state index in [1.54, 1.807) is 6.07 Å². The summed E-state index contributed by atoms with van der Waals surface area (Å²) in [5, 5.41) is 4.78. The fourth-order valence-corrected chi connectivity index (χ4v) is 3.55. The van der Waals surface area contributed by atoms with E-state index >= 15 is 0 Å². The third kappa shape index (κ3) is 4.67. The van der Waals surface area contributed by atoms with Crippen molar-refractivity contribution in [3.05, 3.63) is 34.9 Å². The highest BCUT2D eigenvalue weighted by molar-refractivity contribution is 6.23. The van der Waals surface area contributed by atoms with Gasteiger partial charge in [0.05, 0.1) is 17.7 Å². The molecule has 0 aliphatic carbocycles. The minimum Gasteiger partial charge on any atom is -0.450 e. The molecule has 1 aromatic rings. The molecule has 2 aliphatic heterocycles. The lowest BCUT2D eigenvalue weighted by atomic mass is 10.0. The van der Waals surface area contributed by atoms with Crippen LogP contribution in [0.25, 0.3) is 0 Å². The fraction of sp³-hybridized carbons (Fsp3) is 0.476. The number of ether oxygens (including phenoxy) is 1. The van der Waals surface area contributed by atoms with Gasteiger partial charge in [-0.3, -0.25) is 29.4 Å². The second-order valence-electron chi connectivity index (χ2n) is 7.38. The number of imide groups is 2. The van der Waals surface area contributed by atoms with Gasteiger partial charge in [0, 0.05) is 13.0 Å². The molecule has 9 heteroatoms. The van der Waals surface area contributed by atoms with Gasteiger partial charge in [-0.2, -0.15) is 0 Å². The molecule has 1 saturated heterocycles. The summed E-state index contributed by atoms with van der Waals surface area (Å²) in [5.41, 5.74) is 1.01. The van der Waals surface area contributed by atoms with E-state index < -0.39 is 35.8 Å². The molecule has 0 saturated carbocycles. The zero-order valence-electron chi connectivity index (χ0n) is 16.9. The van der Waals surface area contributed by atoms with Crippen molar-refractivity contribution < 1.29 is 28.7 Å². The molecule has 1 unspecified atom stereocenters. The van der Waals surface area contributed by atoms with Crippen LogP contribution in [0.3, 0.4) is 0 Å². The molecule has 9 nitrogen and oxygen atoms in total. The Hall–Kier alpha value is -3.23. The van der Waals surface area contributed by atoms with Crippen LogP contribution in [0, 0.1) is 0 Å². The van der Waals surface area contributed by atoms with Crippen LogP contribution in [0.4, 0.5) is 4.79 Å². The molecular weight excluding hydrogens is 390 g/mol. The number of nitrogens with one attached hydrogen (secondary N) is 2. The van der Waals surface area contributed by atoms with E-state index in [-0.39, 0.29) is 30.5 Å². The standard InChI is InChI=1S/C21H25N3O6/c1-2-3-4-5-10-30-21(29)22-12-13-6-7-14-15(11-13)20(28)24(19(14)27)16-8-9-17(25)23-18(16)26/h6-7,11,16H,2-5,8-10,12H2,1H3,(H,22,29)(H,23,25,26). The molecule has 160 valence electrons. The Morgan fingerprint density at radius 2 is 1.90 bits per heavy atom. The second-order valence-corrected chi connectivity index (χ2v) is 7.38. The predicted molar refractivity (Wildman–Crippen MR) is 105 cm³/mol. The van der Waals surface area contributed by atoms with Crippen molar-refractivity contribution in [2.24, 2.45) is 0 Å². The van der Waals surface area contributed by atoms with E-state index in [0.29, 0.717) is 12.2 Å². The van der Waals surface area contributed by atoms with Crippen LogP contribution < -0.4 is 10.6 Å². The Kier molecular flexibility index (Phi) is 6.81. The first-order valence-corrected chi connectivity index (χ1v) is 10.2. The maximum absolute atomic E-state index is 12.8. The number of benzene rings is 1. The van der Waals surface area contributed by atoms with Crippen LogP contribution in [0.5, 0.6) is 0 Å². The van der Waals surface area contributed by atoms with E-state index in [0.717, 1.165) is 30.6 Å². The van der Waals surface area contributed by atoms with Crippen LogP contribution in [0.2, 0.25) is 0 Å². The van der Waals surface area contributed by atoms with Gasteiger partial charge >= 0.3 is 6.09 Å². The van der Waals surface area contributed by atoms with Gasteiger partial charge in [-0.05, 0) is 30.5 Å². The van der Waals surface area contributed by atoms with Gasteiger partial charge in [0.2, 0.25) is 11.8 Å². The van der Waals surface area contributed by atoms with Gasteiger partial charge in [-0.1, -0.05) is 32.3 Å². The Bertz CT molecular complexity index is 881. The number of unbranched alkanes of at least 4 members (excludes halogenated alkanes) is 3. The summed E-state index contributed by atoms with van der Waals surface area (Å²) in [6.07, 6.45) is 3.66. The minimum atomic E-state index is -1.00. The van der Waals surface area contributed by atoms with Crippen molar-refractivity contribution in [2.75, 3.05) is 6.61 Å². The van der Waals surface area contributed by atoms with Crippen molar-refractivity contribution in [3.8, 4) is 0 Å². The zero-order valence-corrected chi connectivity index (χ0v) is 16.9. The van der Waals surface area contributed by atoms with E-state index in [9.17, 15) is 24.0 Å². The molecule has 3 rings (SSSR count). The minimum absolute atomic E-state index is 0.0690. The topological polar surface area (TPSA) is 122 Å². The van der Waals surface area contributed by atoms with Gasteiger partial charge in [-0.25, -0.2) is 4.79 Å². The summed E-state index contributed by atoms with van der Waals surface area (Å²) in [4.78, 5) is 61.5. The number of nitrogens with zero attached hydrogens (tertiary/aromatic N) is 1. The Morgan fingerprint density at radius 1 is 1.13 bits per heavy atom. The molecule has 0 aromatic heterocycles. The average Bonchev–Trinajstić information content (AvgIpc) is 2.96. The molecule has 1 fully saturated rings. The Balaban J connectivity index is 1.59. The molecule has 2 N–H and O–H groups in total. The van der Waals surface area contributed by atoms with Crippen molar-refractivity contribution >= 4 is 29.7 Å². The fourth-order valence-electron chi connectivity index (χ4n) is 3.55. The highest BCUT2D eigenvalue weighted by Crippen LogP contribution is 2.28. The predicted octanol–water partition coefficient (Wildman–Crippen LogP) is 1.89. The van der Waals surface area contributed by atoms with Crippen molar-refractivity contribution in [2.45, 2.75) is 58.0 Å². The van der Waals surface area contributed by atoms with E-state index in [2.05, 4.69) is 17.6 Å². The highest BCUT2D eigenvalue weighted by atomic mass is 16.5. The molecule has 0 bridgehead atoms. The first kappa shape index (κ1) is 21.5. The van der Waals surface area contributed by atoms with E-state index in [1.807, 2.05) is 0 Å². The third-order valence-corrected chi connectivity index (χ3v) is 5.17. The zero-order chi connectivity index (χ0) is 21.7. The summed E-state index contributed by atoms with van der Waals surface area (Å²) in [7, 11) is 0. The summed E-state index contributed by atoms with van der Waals surface area (Å²) in [5.74, 6) is -2.21. The quantitative estimate of drug-likeness (QED) is 0.494. The molecule has 0 spiro atoms. The Morgan fingerprint density at radius 3 is 2.63 bits per heavy atom. The molecule has 30 heavy (non-hydrogen) atoms. The van der Waals surface area contributed by atoms with Gasteiger partial charge in [0.15, 0.2) is 0 Å². The van der Waals surface area contributed by atoms with Crippen molar-refractivity contribution in [3.63, 3.8) is 0 Å². The molecule has 2 heterocycles. The lowest BCUT2D eigenvalue weighted by molar-refractivity contribution is -0.136.